The van der Waals surface area contributed by atoms with Gasteiger partial charge < -0.3 is 19.9 Å². The van der Waals surface area contributed by atoms with Crippen LogP contribution in [0.3, 0.4) is 0 Å². The van der Waals surface area contributed by atoms with E-state index in [1.807, 2.05) is 61.1 Å². The zero-order valence-electron chi connectivity index (χ0n) is 19.7. The van der Waals surface area contributed by atoms with Crippen molar-refractivity contribution in [2.45, 2.75) is 19.8 Å². The maximum atomic E-state index is 12.6. The maximum absolute atomic E-state index is 12.6. The van der Waals surface area contributed by atoms with Gasteiger partial charge in [-0.15, -0.1) is 0 Å². The summed E-state index contributed by atoms with van der Waals surface area (Å²) in [5.74, 6) is 0.957. The summed E-state index contributed by atoms with van der Waals surface area (Å²) < 4.78 is 7.44. The molecule has 4 rings (SSSR count). The van der Waals surface area contributed by atoms with Crippen molar-refractivity contribution in [3.8, 4) is 27.7 Å². The molecule has 0 saturated heterocycles. The molecule has 2 aromatic heterocycles. The molecule has 9 heteroatoms. The highest BCUT2D eigenvalue weighted by Gasteiger charge is 2.19. The van der Waals surface area contributed by atoms with Crippen LogP contribution in [-0.4, -0.2) is 39.5 Å². The fourth-order valence-corrected chi connectivity index (χ4v) is 4.61. The van der Waals surface area contributed by atoms with Gasteiger partial charge in [0.05, 0.1) is 22.7 Å². The number of anilines is 1. The first-order valence-corrected chi connectivity index (χ1v) is 12.2. The summed E-state index contributed by atoms with van der Waals surface area (Å²) >= 11 is 1.39. The smallest absolute Gasteiger partial charge is 0.255 e. The van der Waals surface area contributed by atoms with Crippen molar-refractivity contribution in [2.75, 3.05) is 18.5 Å². The first-order valence-electron chi connectivity index (χ1n) is 11.4. The van der Waals surface area contributed by atoms with Crippen LogP contribution in [0.2, 0.25) is 0 Å². The molecule has 4 aromatic rings. The van der Waals surface area contributed by atoms with E-state index in [2.05, 4.69) is 15.6 Å². The van der Waals surface area contributed by atoms with Gasteiger partial charge in [-0.1, -0.05) is 53.8 Å². The molecule has 35 heavy (non-hydrogen) atoms. The number of nitrogens with one attached hydrogen (secondary N) is 2. The number of rotatable bonds is 10. The molecule has 0 bridgehead atoms. The van der Waals surface area contributed by atoms with Gasteiger partial charge in [-0.2, -0.15) is 0 Å². The highest BCUT2D eigenvalue weighted by atomic mass is 32.1. The van der Waals surface area contributed by atoms with Crippen LogP contribution in [0.25, 0.3) is 22.0 Å². The van der Waals surface area contributed by atoms with E-state index in [4.69, 9.17) is 9.72 Å². The average Bonchev–Trinajstić information content (AvgIpc) is 3.48. The summed E-state index contributed by atoms with van der Waals surface area (Å²) in [4.78, 5) is 35.1. The van der Waals surface area contributed by atoms with Crippen molar-refractivity contribution in [3.05, 3.63) is 72.6 Å². The molecule has 0 aliphatic heterocycles. The number of aromatic nitrogens is 3. The zero-order chi connectivity index (χ0) is 24.6. The largest absolute Gasteiger partial charge is 0.493 e. The number of hydrogen-bond donors (Lipinski definition) is 2. The van der Waals surface area contributed by atoms with Gasteiger partial charge in [0.15, 0.2) is 11.0 Å². The van der Waals surface area contributed by atoms with E-state index in [-0.39, 0.29) is 18.2 Å². The number of hydrogen-bond acceptors (Lipinski definition) is 6. The summed E-state index contributed by atoms with van der Waals surface area (Å²) in [5, 5.41) is 6.27. The highest BCUT2D eigenvalue weighted by Crippen LogP contribution is 2.38. The Morgan fingerprint density at radius 1 is 1.09 bits per heavy atom. The molecule has 2 amide bonds. The van der Waals surface area contributed by atoms with Gasteiger partial charge in [-0.25, -0.2) is 9.97 Å². The third kappa shape index (κ3) is 5.93. The topological polar surface area (TPSA) is 98.1 Å². The maximum Gasteiger partial charge on any atom is 0.255 e. The summed E-state index contributed by atoms with van der Waals surface area (Å²) in [6, 6.07) is 16.9. The number of ether oxygens (including phenoxy) is 1. The Balaban J connectivity index is 1.36. The number of thiazole rings is 1. The van der Waals surface area contributed by atoms with Crippen LogP contribution in [0.15, 0.2) is 67.0 Å². The predicted octanol–water partition coefficient (Wildman–Crippen LogP) is 4.76. The number of carbonyl (C=O) groups excluding carboxylic acids is 2. The lowest BCUT2D eigenvalue weighted by Gasteiger charge is -2.10. The Hall–Kier alpha value is -3.98. The van der Waals surface area contributed by atoms with Gasteiger partial charge in [0.25, 0.3) is 5.91 Å². The molecule has 2 heterocycles. The monoisotopic (exact) mass is 489 g/mol. The normalized spacial score (nSPS) is 10.7. The van der Waals surface area contributed by atoms with Crippen molar-refractivity contribution >= 4 is 28.3 Å². The summed E-state index contributed by atoms with van der Waals surface area (Å²) in [6.45, 7) is 2.73. The van der Waals surface area contributed by atoms with Gasteiger partial charge >= 0.3 is 0 Å². The van der Waals surface area contributed by atoms with Crippen LogP contribution >= 0.6 is 11.3 Å². The van der Waals surface area contributed by atoms with Crippen LogP contribution in [0.5, 0.6) is 5.75 Å². The zero-order valence-corrected chi connectivity index (χ0v) is 20.5. The predicted molar refractivity (Wildman–Crippen MR) is 138 cm³/mol. The molecule has 8 nitrogen and oxygen atoms in total. The minimum atomic E-state index is -0.221. The lowest BCUT2D eigenvalue weighted by Crippen LogP contribution is -2.26. The van der Waals surface area contributed by atoms with Crippen molar-refractivity contribution < 1.29 is 14.3 Å². The molecule has 0 fully saturated rings. The molecular formula is C26H27N5O3S. The number of aryl methyl sites for hydroxylation is 1. The van der Waals surface area contributed by atoms with E-state index >= 15 is 0 Å². The molecule has 2 N–H and O–H groups in total. The molecular weight excluding hydrogens is 462 g/mol. The summed E-state index contributed by atoms with van der Waals surface area (Å²) in [5.41, 5.74) is 2.22. The minimum Gasteiger partial charge on any atom is -0.493 e. The van der Waals surface area contributed by atoms with Gasteiger partial charge in [0, 0.05) is 38.0 Å². The minimum absolute atomic E-state index is 0.159. The average molecular weight is 490 g/mol. The number of carbonyl (C=O) groups is 2. The quantitative estimate of drug-likeness (QED) is 0.313. The third-order valence-electron chi connectivity index (χ3n) is 5.24. The van der Waals surface area contributed by atoms with E-state index in [0.717, 1.165) is 22.0 Å². The third-order valence-corrected chi connectivity index (χ3v) is 6.21. The Labute approximate surface area is 208 Å². The number of benzene rings is 2. The van der Waals surface area contributed by atoms with Crippen LogP contribution in [-0.2, 0) is 11.8 Å². The molecule has 180 valence electrons. The van der Waals surface area contributed by atoms with Crippen LogP contribution < -0.4 is 15.4 Å². The van der Waals surface area contributed by atoms with Gasteiger partial charge in [0.2, 0.25) is 5.91 Å². The fraction of sp³-hybridized carbons (Fsp3) is 0.231. The lowest BCUT2D eigenvalue weighted by molar-refractivity contribution is -0.116. The molecule has 2 aromatic carbocycles. The van der Waals surface area contributed by atoms with E-state index in [1.165, 1.54) is 11.3 Å². The Morgan fingerprint density at radius 2 is 1.86 bits per heavy atom. The first kappa shape index (κ1) is 24.2. The standard InChI is InChI=1S/C26H27N5O3S/c1-3-34-20-13-8-7-12-19(20)25(33)28-15-9-14-21(32)29-26-30-22(18-10-5-4-6-11-18)23(35-26)24-27-16-17-31(24)2/h4-8,10-13,16-17H,3,9,14-15H2,1-2H3,(H,28,33)(H,29,30,32). The Bertz CT molecular complexity index is 1300. The van der Waals surface area contributed by atoms with Crippen LogP contribution in [0.4, 0.5) is 5.13 Å². The van der Waals surface area contributed by atoms with Crippen LogP contribution in [0.1, 0.15) is 30.1 Å². The Morgan fingerprint density at radius 3 is 2.60 bits per heavy atom. The Kier molecular flexibility index (Phi) is 7.89. The highest BCUT2D eigenvalue weighted by molar-refractivity contribution is 7.19. The van der Waals surface area contributed by atoms with Gasteiger partial charge in [-0.05, 0) is 25.5 Å². The van der Waals surface area contributed by atoms with E-state index in [9.17, 15) is 9.59 Å². The molecule has 0 spiro atoms. The first-order chi connectivity index (χ1) is 17.1. The van der Waals surface area contributed by atoms with Crippen molar-refractivity contribution in [1.82, 2.24) is 19.9 Å². The van der Waals surface area contributed by atoms with Crippen molar-refractivity contribution in [2.24, 2.45) is 7.05 Å². The van der Waals surface area contributed by atoms with Gasteiger partial charge in [-0.3, -0.25) is 9.59 Å². The fourth-order valence-electron chi connectivity index (χ4n) is 3.56. The van der Waals surface area contributed by atoms with E-state index < -0.39 is 0 Å². The number of amides is 2. The lowest BCUT2D eigenvalue weighted by atomic mass is 10.1. The van der Waals surface area contributed by atoms with Crippen molar-refractivity contribution in [3.63, 3.8) is 0 Å². The molecule has 0 atom stereocenters. The number of imidazole rings is 1. The summed E-state index contributed by atoms with van der Waals surface area (Å²) in [6.07, 6.45) is 4.37. The number of nitrogens with zero attached hydrogens (tertiary/aromatic N) is 3. The van der Waals surface area contributed by atoms with Crippen molar-refractivity contribution in [1.29, 1.82) is 0 Å². The van der Waals surface area contributed by atoms with Gasteiger partial charge in [0.1, 0.15) is 5.75 Å². The van der Waals surface area contributed by atoms with E-state index in [0.29, 0.717) is 36.0 Å². The molecule has 0 unspecified atom stereocenters. The molecule has 0 saturated carbocycles. The molecule has 0 radical (unpaired) electrons. The second-order valence-corrected chi connectivity index (χ2v) is 8.76. The number of para-hydroxylation sites is 1. The molecule has 0 aliphatic carbocycles. The SMILES string of the molecule is CCOc1ccccc1C(=O)NCCCC(=O)Nc1nc(-c2ccccc2)c(-c2nccn2C)s1. The second-order valence-electron chi connectivity index (χ2n) is 7.76. The summed E-state index contributed by atoms with van der Waals surface area (Å²) in [7, 11) is 1.93. The van der Waals surface area contributed by atoms with E-state index in [1.54, 1.807) is 24.4 Å². The second kappa shape index (κ2) is 11.4. The van der Waals surface area contributed by atoms with Crippen LogP contribution in [0, 0.1) is 0 Å². The molecule has 0 aliphatic rings.